The molecular formula is C57H60N4O. The van der Waals surface area contributed by atoms with E-state index in [-0.39, 0.29) is 16.2 Å². The number of benzene rings is 6. The van der Waals surface area contributed by atoms with Crippen LogP contribution < -0.4 is 14.5 Å². The van der Waals surface area contributed by atoms with Crippen molar-refractivity contribution < 1.29 is 4.74 Å². The maximum absolute atomic E-state index is 6.75. The summed E-state index contributed by atoms with van der Waals surface area (Å²) < 4.78 is 9.02. The van der Waals surface area contributed by atoms with E-state index in [1.807, 2.05) is 6.20 Å². The Bertz CT molecular complexity index is 2900. The lowest BCUT2D eigenvalue weighted by Crippen LogP contribution is -2.29. The van der Waals surface area contributed by atoms with Gasteiger partial charge in [-0.25, -0.2) is 4.98 Å². The number of pyridine rings is 1. The molecule has 8 aromatic rings. The van der Waals surface area contributed by atoms with Crippen LogP contribution in [0.4, 0.5) is 17.1 Å². The van der Waals surface area contributed by atoms with Crippen molar-refractivity contribution in [3.63, 3.8) is 0 Å². The molecule has 1 aliphatic heterocycles. The summed E-state index contributed by atoms with van der Waals surface area (Å²) in [6.45, 7) is 22.3. The fraction of sp³-hybridized carbons (Fsp3) is 0.281. The summed E-state index contributed by atoms with van der Waals surface area (Å²) in [7, 11) is 0. The van der Waals surface area contributed by atoms with Gasteiger partial charge in [-0.3, -0.25) is 4.57 Å². The highest BCUT2D eigenvalue weighted by molar-refractivity contribution is 6.09. The Morgan fingerprint density at radius 1 is 0.548 bits per heavy atom. The number of hydrogen-bond acceptors (Lipinski definition) is 4. The van der Waals surface area contributed by atoms with Gasteiger partial charge in [0.1, 0.15) is 17.3 Å². The molecule has 62 heavy (non-hydrogen) atoms. The molecule has 1 aliphatic rings. The first-order valence-electron chi connectivity index (χ1n) is 22.3. The summed E-state index contributed by atoms with van der Waals surface area (Å²) in [6, 6.07) is 52.9. The highest BCUT2D eigenvalue weighted by Crippen LogP contribution is 2.44. The number of anilines is 3. The summed E-state index contributed by atoms with van der Waals surface area (Å²) in [6.07, 6.45) is 3.97. The van der Waals surface area contributed by atoms with Gasteiger partial charge in [-0.15, -0.1) is 0 Å². The summed E-state index contributed by atoms with van der Waals surface area (Å²) in [4.78, 5) is 9.90. The quantitative estimate of drug-likeness (QED) is 0.145. The summed E-state index contributed by atoms with van der Waals surface area (Å²) >= 11 is 0. The van der Waals surface area contributed by atoms with Crippen molar-refractivity contribution in [2.24, 2.45) is 0 Å². The van der Waals surface area contributed by atoms with E-state index in [0.717, 1.165) is 60.1 Å². The standard InChI is InChI=1S/C57H60N4O/c1-55(2,3)41-24-27-47(39-17-11-10-12-18-39)40(33-41)19-16-32-59-38-60(51-29-25-42(34-53(51)59)56(4,5)6)44-20-15-21-45(36-44)62-46-26-28-49-48-22-13-14-23-50(48)61(52(49)37-46)54-35-43(30-31-58-54)57(7,8)9/h10-15,17-18,20-31,33-37H,16,19,32,38H2,1-9H3. The number of fused-ring (bicyclic) bond motifs is 4. The van der Waals surface area contributed by atoms with Gasteiger partial charge < -0.3 is 14.5 Å². The van der Waals surface area contributed by atoms with Crippen LogP contribution in [0.2, 0.25) is 0 Å². The van der Waals surface area contributed by atoms with E-state index in [4.69, 9.17) is 9.72 Å². The largest absolute Gasteiger partial charge is 0.457 e. The van der Waals surface area contributed by atoms with Gasteiger partial charge in [0.15, 0.2) is 0 Å². The first-order chi connectivity index (χ1) is 29.6. The molecule has 0 radical (unpaired) electrons. The normalized spacial score (nSPS) is 13.3. The number of nitrogens with zero attached hydrogens (tertiary/aromatic N) is 4. The molecule has 9 rings (SSSR count). The molecule has 0 atom stereocenters. The van der Waals surface area contributed by atoms with Crippen LogP contribution in [0.1, 0.15) is 91.0 Å². The predicted molar refractivity (Wildman–Crippen MR) is 262 cm³/mol. The molecule has 0 N–H and O–H groups in total. The third kappa shape index (κ3) is 8.09. The number of ether oxygens (including phenoxy) is 1. The van der Waals surface area contributed by atoms with E-state index in [1.165, 1.54) is 55.5 Å². The highest BCUT2D eigenvalue weighted by atomic mass is 16.5. The van der Waals surface area contributed by atoms with Crippen molar-refractivity contribution in [2.75, 3.05) is 23.0 Å². The molecule has 6 aromatic carbocycles. The Balaban J connectivity index is 1.01. The van der Waals surface area contributed by atoms with Gasteiger partial charge in [0.25, 0.3) is 0 Å². The number of aryl methyl sites for hydroxylation is 1. The molecule has 0 aliphatic carbocycles. The highest BCUT2D eigenvalue weighted by Gasteiger charge is 2.29. The number of hydrogen-bond donors (Lipinski definition) is 0. The van der Waals surface area contributed by atoms with E-state index in [2.05, 4.69) is 222 Å². The Morgan fingerprint density at radius 2 is 1.23 bits per heavy atom. The smallest absolute Gasteiger partial charge is 0.137 e. The van der Waals surface area contributed by atoms with Crippen LogP contribution in [0.15, 0.2) is 152 Å². The maximum Gasteiger partial charge on any atom is 0.137 e. The Kier molecular flexibility index (Phi) is 10.5. The molecule has 0 fully saturated rings. The molecule has 5 heteroatoms. The van der Waals surface area contributed by atoms with Crippen LogP contribution in [0.25, 0.3) is 38.8 Å². The second kappa shape index (κ2) is 15.9. The minimum Gasteiger partial charge on any atom is -0.457 e. The summed E-state index contributed by atoms with van der Waals surface area (Å²) in [5.74, 6) is 2.50. The third-order valence-corrected chi connectivity index (χ3v) is 12.6. The Hall–Kier alpha value is -6.33. The van der Waals surface area contributed by atoms with Crippen molar-refractivity contribution >= 4 is 38.9 Å². The van der Waals surface area contributed by atoms with Gasteiger partial charge in [-0.1, -0.05) is 141 Å². The first kappa shape index (κ1) is 41.0. The third-order valence-electron chi connectivity index (χ3n) is 12.6. The van der Waals surface area contributed by atoms with Crippen molar-refractivity contribution in [2.45, 2.75) is 91.4 Å². The van der Waals surface area contributed by atoms with E-state index in [0.29, 0.717) is 0 Å². The van der Waals surface area contributed by atoms with Crippen LogP contribution in [0, 0.1) is 0 Å². The minimum atomic E-state index is 0.00271. The van der Waals surface area contributed by atoms with E-state index in [9.17, 15) is 0 Å². The lowest BCUT2D eigenvalue weighted by Gasteiger charge is -2.24. The van der Waals surface area contributed by atoms with Gasteiger partial charge in [-0.05, 0) is 117 Å². The average Bonchev–Trinajstić information content (AvgIpc) is 3.78. The molecule has 0 amide bonds. The molecule has 0 saturated heterocycles. The van der Waals surface area contributed by atoms with Crippen molar-refractivity contribution in [1.82, 2.24) is 9.55 Å². The minimum absolute atomic E-state index is 0.00271. The van der Waals surface area contributed by atoms with Gasteiger partial charge in [-0.2, -0.15) is 0 Å². The van der Waals surface area contributed by atoms with Crippen molar-refractivity contribution in [3.05, 3.63) is 174 Å². The van der Waals surface area contributed by atoms with Gasteiger partial charge in [0, 0.05) is 41.3 Å². The van der Waals surface area contributed by atoms with Crippen molar-refractivity contribution in [1.29, 1.82) is 0 Å². The zero-order valence-corrected chi connectivity index (χ0v) is 38.0. The molecular weight excluding hydrogens is 757 g/mol. The van der Waals surface area contributed by atoms with Gasteiger partial charge in [0.05, 0.1) is 29.1 Å². The lowest BCUT2D eigenvalue weighted by molar-refractivity contribution is 0.483. The molecule has 2 aromatic heterocycles. The number of para-hydroxylation sites is 1. The van der Waals surface area contributed by atoms with Crippen molar-refractivity contribution in [3.8, 4) is 28.4 Å². The predicted octanol–water partition coefficient (Wildman–Crippen LogP) is 15.1. The zero-order chi connectivity index (χ0) is 43.4. The zero-order valence-electron chi connectivity index (χ0n) is 38.0. The van der Waals surface area contributed by atoms with E-state index >= 15 is 0 Å². The Morgan fingerprint density at radius 3 is 2.00 bits per heavy atom. The van der Waals surface area contributed by atoms with Crippen LogP contribution in [-0.2, 0) is 22.7 Å². The second-order valence-corrected chi connectivity index (χ2v) is 20.2. The summed E-state index contributed by atoms with van der Waals surface area (Å²) in [5, 5.41) is 2.37. The molecule has 0 bridgehead atoms. The SMILES string of the molecule is CC(C)(C)c1ccnc(-n2c3ccccc3c3ccc(Oc4cccc(N5CN(CCCc6cc(C(C)(C)C)ccc6-c6ccccc6)c6cc(C(C)(C)C)ccc65)c4)cc32)c1. The molecule has 3 heterocycles. The van der Waals surface area contributed by atoms with E-state index < -0.39 is 0 Å². The number of aromatic nitrogens is 2. The van der Waals surface area contributed by atoms with E-state index in [1.54, 1.807) is 0 Å². The molecule has 0 spiro atoms. The number of rotatable bonds is 9. The Labute approximate surface area is 368 Å². The molecule has 314 valence electrons. The molecule has 5 nitrogen and oxygen atoms in total. The second-order valence-electron chi connectivity index (χ2n) is 20.2. The van der Waals surface area contributed by atoms with Crippen LogP contribution >= 0.6 is 0 Å². The fourth-order valence-corrected chi connectivity index (χ4v) is 8.95. The summed E-state index contributed by atoms with van der Waals surface area (Å²) in [5.41, 5.74) is 14.0. The van der Waals surface area contributed by atoms with Crippen LogP contribution in [0.5, 0.6) is 11.5 Å². The maximum atomic E-state index is 6.75. The average molecular weight is 817 g/mol. The first-order valence-corrected chi connectivity index (χ1v) is 22.3. The molecule has 0 saturated carbocycles. The lowest BCUT2D eigenvalue weighted by atomic mass is 9.83. The monoisotopic (exact) mass is 816 g/mol. The topological polar surface area (TPSA) is 33.5 Å². The van der Waals surface area contributed by atoms with Crippen LogP contribution in [0.3, 0.4) is 0 Å². The fourth-order valence-electron chi connectivity index (χ4n) is 8.95. The van der Waals surface area contributed by atoms with Gasteiger partial charge in [0.2, 0.25) is 0 Å². The van der Waals surface area contributed by atoms with Gasteiger partial charge >= 0.3 is 0 Å². The molecule has 0 unspecified atom stereocenters. The van der Waals surface area contributed by atoms with Crippen LogP contribution in [-0.4, -0.2) is 22.8 Å².